The Morgan fingerprint density at radius 2 is 0.600 bits per heavy atom. The summed E-state index contributed by atoms with van der Waals surface area (Å²) in [6, 6.07) is 36.1. The first kappa shape index (κ1) is 23.0. The van der Waals surface area contributed by atoms with Crippen LogP contribution in [0.1, 0.15) is 31.5 Å². The van der Waals surface area contributed by atoms with Gasteiger partial charge in [0.2, 0.25) is 0 Å². The standard InChI is InChI=1S/2C13H9.3ClH.V/c2*1-3-7-12-10(5-1)9-11-6-2-4-8-13(11)12;;;;/h2*1-9H;3*1H;/q;;;;;+3/p-3. The van der Waals surface area contributed by atoms with Crippen molar-refractivity contribution in [1.29, 1.82) is 0 Å². The fourth-order valence-electron chi connectivity index (χ4n) is 4.73. The Hall–Kier alpha value is -1.67. The number of fused-ring (bicyclic) bond motifs is 6. The van der Waals surface area contributed by atoms with E-state index < -0.39 is 0 Å². The molecule has 0 unspecified atom stereocenters. The number of hydrogen-bond donors (Lipinski definition) is 0. The maximum absolute atomic E-state index is 2.35. The Kier molecular flexibility index (Phi) is 7.07. The van der Waals surface area contributed by atoms with Crippen molar-refractivity contribution in [2.45, 2.75) is 9.26 Å². The summed E-state index contributed by atoms with van der Waals surface area (Å²) < 4.78 is 1.11. The number of benzene rings is 4. The topological polar surface area (TPSA) is 0 Å². The molecule has 0 heterocycles. The molecule has 0 N–H and O–H groups in total. The summed E-state index contributed by atoms with van der Waals surface area (Å²) in [5.74, 6) is 0. The second kappa shape index (κ2) is 9.22. The Bertz CT molecular complexity index is 1000. The molecule has 0 saturated heterocycles. The second-order valence-electron chi connectivity index (χ2n) is 7.30. The van der Waals surface area contributed by atoms with E-state index in [2.05, 4.69) is 97.1 Å². The fraction of sp³-hybridized carbons (Fsp3) is 0.0769. The summed E-state index contributed by atoms with van der Waals surface area (Å²) in [6.45, 7) is 0. The van der Waals surface area contributed by atoms with Crippen molar-refractivity contribution in [2.75, 3.05) is 0 Å². The van der Waals surface area contributed by atoms with Crippen molar-refractivity contribution >= 4 is 0 Å². The Morgan fingerprint density at radius 3 is 0.867 bits per heavy atom. The van der Waals surface area contributed by atoms with Gasteiger partial charge in [0, 0.05) is 0 Å². The molecule has 0 spiro atoms. The van der Waals surface area contributed by atoms with Gasteiger partial charge < -0.3 is 37.2 Å². The SMILES string of the molecule is [Cl-].[Cl-].[Cl-].c1ccc2c(c1)-c1ccccc1[CH]2[V+3][CH]1c2ccccc2-c2ccccc21. The van der Waals surface area contributed by atoms with Crippen LogP contribution in [0.3, 0.4) is 0 Å². The van der Waals surface area contributed by atoms with E-state index in [0.29, 0.717) is 9.26 Å². The molecule has 0 nitrogen and oxygen atoms in total. The van der Waals surface area contributed by atoms with E-state index in [9.17, 15) is 0 Å². The Labute approximate surface area is 203 Å². The van der Waals surface area contributed by atoms with Gasteiger partial charge in [-0.1, -0.05) is 0 Å². The van der Waals surface area contributed by atoms with Crippen LogP contribution in [0.2, 0.25) is 0 Å². The first-order chi connectivity index (χ1) is 13.4. The van der Waals surface area contributed by atoms with Gasteiger partial charge in [-0.05, 0) is 0 Å². The molecule has 2 aliphatic rings. The van der Waals surface area contributed by atoms with Gasteiger partial charge in [-0.2, -0.15) is 0 Å². The third kappa shape index (κ3) is 3.42. The summed E-state index contributed by atoms with van der Waals surface area (Å²) in [7, 11) is 0. The first-order valence-corrected chi connectivity index (χ1v) is 11.1. The van der Waals surface area contributed by atoms with E-state index in [-0.39, 0.29) is 53.5 Å². The zero-order valence-electron chi connectivity index (χ0n) is 16.0. The van der Waals surface area contributed by atoms with E-state index in [1.165, 1.54) is 44.5 Å². The third-order valence-electron chi connectivity index (χ3n) is 5.90. The van der Waals surface area contributed by atoms with Gasteiger partial charge in [0.05, 0.1) is 0 Å². The van der Waals surface area contributed by atoms with Gasteiger partial charge in [0.1, 0.15) is 0 Å². The normalized spacial score (nSPS) is 12.8. The molecule has 0 radical (unpaired) electrons. The minimum absolute atomic E-state index is 0. The van der Waals surface area contributed by atoms with Gasteiger partial charge in [0.25, 0.3) is 0 Å². The summed E-state index contributed by atoms with van der Waals surface area (Å²) in [5.41, 5.74) is 11.9. The molecule has 4 aromatic carbocycles. The second-order valence-corrected chi connectivity index (χ2v) is 9.38. The molecular weight excluding hydrogens is 470 g/mol. The van der Waals surface area contributed by atoms with Gasteiger partial charge >= 0.3 is 167 Å². The monoisotopic (exact) mass is 486 g/mol. The van der Waals surface area contributed by atoms with Gasteiger partial charge in [-0.15, -0.1) is 0 Å². The van der Waals surface area contributed by atoms with Crippen LogP contribution in [-0.2, 0) is 16.3 Å². The average molecular weight is 488 g/mol. The van der Waals surface area contributed by atoms with Gasteiger partial charge in [-0.25, -0.2) is 0 Å². The van der Waals surface area contributed by atoms with Crippen molar-refractivity contribution in [2.24, 2.45) is 0 Å². The van der Waals surface area contributed by atoms with Crippen LogP contribution in [0.15, 0.2) is 97.1 Å². The average Bonchev–Trinajstić information content (AvgIpc) is 3.23. The Morgan fingerprint density at radius 1 is 0.367 bits per heavy atom. The van der Waals surface area contributed by atoms with Crippen molar-refractivity contribution in [1.82, 2.24) is 0 Å². The number of hydrogen-bond acceptors (Lipinski definition) is 0. The van der Waals surface area contributed by atoms with Crippen molar-refractivity contribution in [3.63, 3.8) is 0 Å². The summed E-state index contributed by atoms with van der Waals surface area (Å²) >= 11 is 0.0487. The number of rotatable bonds is 2. The van der Waals surface area contributed by atoms with Gasteiger partial charge in [0.15, 0.2) is 0 Å². The third-order valence-corrected chi connectivity index (χ3v) is 8.57. The van der Waals surface area contributed by atoms with Crippen molar-refractivity contribution in [3.05, 3.63) is 119 Å². The van der Waals surface area contributed by atoms with Crippen LogP contribution in [0.25, 0.3) is 22.3 Å². The van der Waals surface area contributed by atoms with E-state index in [1.54, 1.807) is 0 Å². The van der Waals surface area contributed by atoms with E-state index in [1.807, 2.05) is 0 Å². The molecular formula is C26H18Cl3V. The molecule has 0 saturated carbocycles. The van der Waals surface area contributed by atoms with Crippen LogP contribution in [-0.4, -0.2) is 0 Å². The van der Waals surface area contributed by atoms with E-state index >= 15 is 0 Å². The zero-order valence-corrected chi connectivity index (χ0v) is 19.6. The molecule has 0 bridgehead atoms. The minimum atomic E-state index is 0. The quantitative estimate of drug-likeness (QED) is 0.296. The molecule has 30 heavy (non-hydrogen) atoms. The van der Waals surface area contributed by atoms with Crippen LogP contribution in [0.5, 0.6) is 0 Å². The predicted octanol–water partition coefficient (Wildman–Crippen LogP) is -2.38. The molecule has 0 aromatic heterocycles. The molecule has 0 atom stereocenters. The molecule has 148 valence electrons. The number of halogens is 3. The molecule has 6 rings (SSSR count). The first-order valence-electron chi connectivity index (χ1n) is 9.48. The van der Waals surface area contributed by atoms with Crippen LogP contribution < -0.4 is 37.2 Å². The summed E-state index contributed by atoms with van der Waals surface area (Å²) in [4.78, 5) is 0. The van der Waals surface area contributed by atoms with Gasteiger partial charge in [-0.3, -0.25) is 0 Å². The Balaban J connectivity index is 0.000000853. The van der Waals surface area contributed by atoms with Crippen molar-refractivity contribution < 1.29 is 53.5 Å². The molecule has 0 fully saturated rings. The van der Waals surface area contributed by atoms with Crippen LogP contribution in [0, 0.1) is 0 Å². The summed E-state index contributed by atoms with van der Waals surface area (Å²) in [5, 5.41) is 0. The molecule has 0 aliphatic heterocycles. The zero-order chi connectivity index (χ0) is 17.8. The van der Waals surface area contributed by atoms with Crippen LogP contribution >= 0.6 is 0 Å². The maximum atomic E-state index is 2.35. The molecule has 4 aromatic rings. The molecule has 4 heteroatoms. The van der Waals surface area contributed by atoms with E-state index in [4.69, 9.17) is 0 Å². The molecule has 2 aliphatic carbocycles. The molecule has 0 amide bonds. The van der Waals surface area contributed by atoms with E-state index in [0.717, 1.165) is 0 Å². The van der Waals surface area contributed by atoms with Crippen molar-refractivity contribution in [3.8, 4) is 22.3 Å². The predicted molar refractivity (Wildman–Crippen MR) is 107 cm³/mol. The van der Waals surface area contributed by atoms with Crippen LogP contribution in [0.4, 0.5) is 0 Å². The summed E-state index contributed by atoms with van der Waals surface area (Å²) in [6.07, 6.45) is 0. The fourth-order valence-corrected chi connectivity index (χ4v) is 7.60.